The van der Waals surface area contributed by atoms with Gasteiger partial charge in [0.05, 0.1) is 21.8 Å². The summed E-state index contributed by atoms with van der Waals surface area (Å²) in [6.45, 7) is 3.91. The van der Waals surface area contributed by atoms with Gasteiger partial charge in [0.1, 0.15) is 11.3 Å². The van der Waals surface area contributed by atoms with Crippen LogP contribution in [0.5, 0.6) is 5.75 Å². The second-order valence-electron chi connectivity index (χ2n) is 6.41. The van der Waals surface area contributed by atoms with Crippen LogP contribution in [0.3, 0.4) is 0 Å². The van der Waals surface area contributed by atoms with Crippen LogP contribution < -0.4 is 15.0 Å². The quantitative estimate of drug-likeness (QED) is 0.541. The van der Waals surface area contributed by atoms with E-state index in [2.05, 4.69) is 5.32 Å². The molecule has 1 fully saturated rings. The van der Waals surface area contributed by atoms with Crippen LogP contribution in [0, 0.1) is 0 Å². The third-order valence-corrected chi connectivity index (χ3v) is 5.20. The van der Waals surface area contributed by atoms with Crippen molar-refractivity contribution in [2.45, 2.75) is 26.4 Å². The Morgan fingerprint density at radius 1 is 1.10 bits per heavy atom. The number of carbonyl (C=O) groups is 3. The summed E-state index contributed by atoms with van der Waals surface area (Å²) in [5, 5.41) is 2.38. The molecule has 1 saturated heterocycles. The van der Waals surface area contributed by atoms with Crippen molar-refractivity contribution in [3.8, 4) is 5.75 Å². The highest BCUT2D eigenvalue weighted by molar-refractivity contribution is 6.46. The second-order valence-corrected chi connectivity index (χ2v) is 7.19. The number of rotatable bonds is 5. The lowest BCUT2D eigenvalue weighted by Gasteiger charge is -2.27. The molecule has 0 aromatic heterocycles. The third kappa shape index (κ3) is 4.28. The molecule has 2 aromatic carbocycles. The molecule has 0 unspecified atom stereocenters. The number of barbiturate groups is 1. The standard InChI is InChI=1S/C21H18Cl2N2O4/c1-3-12(2)29-17-10-5-4-7-13(17)11-14-19(26)24-21(28)25(20(14)27)16-9-6-8-15(22)18(16)23/h4-12H,3H2,1-2H3,(H,24,26,28)/b14-11+/t12-/m0/s1. The molecule has 3 rings (SSSR count). The molecule has 0 aliphatic carbocycles. The second kappa shape index (κ2) is 8.68. The summed E-state index contributed by atoms with van der Waals surface area (Å²) in [6, 6.07) is 10.7. The Balaban J connectivity index is 2.04. The Labute approximate surface area is 178 Å². The monoisotopic (exact) mass is 432 g/mol. The SMILES string of the molecule is CC[C@H](C)Oc1ccccc1/C=C1\C(=O)NC(=O)N(c2cccc(Cl)c2Cl)C1=O. The molecule has 1 atom stereocenters. The van der Waals surface area contributed by atoms with Gasteiger partial charge in [-0.25, -0.2) is 9.69 Å². The largest absolute Gasteiger partial charge is 0.490 e. The van der Waals surface area contributed by atoms with Crippen molar-refractivity contribution < 1.29 is 19.1 Å². The van der Waals surface area contributed by atoms with E-state index in [1.54, 1.807) is 30.3 Å². The summed E-state index contributed by atoms with van der Waals surface area (Å²) >= 11 is 12.2. The van der Waals surface area contributed by atoms with E-state index < -0.39 is 17.8 Å². The van der Waals surface area contributed by atoms with Crippen molar-refractivity contribution >= 4 is 52.8 Å². The van der Waals surface area contributed by atoms with Crippen LogP contribution >= 0.6 is 23.2 Å². The number of halogens is 2. The van der Waals surface area contributed by atoms with Crippen LogP contribution in [-0.4, -0.2) is 23.9 Å². The predicted octanol–water partition coefficient (Wildman–Crippen LogP) is 4.84. The molecule has 0 radical (unpaired) electrons. The first kappa shape index (κ1) is 20.9. The topological polar surface area (TPSA) is 75.7 Å². The maximum absolute atomic E-state index is 13.0. The van der Waals surface area contributed by atoms with E-state index in [4.69, 9.17) is 27.9 Å². The minimum atomic E-state index is -0.898. The third-order valence-electron chi connectivity index (χ3n) is 4.40. The van der Waals surface area contributed by atoms with Gasteiger partial charge in [-0.2, -0.15) is 0 Å². The molecule has 0 bridgehead atoms. The summed E-state index contributed by atoms with van der Waals surface area (Å²) in [5.74, 6) is -1.08. The number of carbonyl (C=O) groups excluding carboxylic acids is 3. The summed E-state index contributed by atoms with van der Waals surface area (Å²) in [7, 11) is 0. The average molecular weight is 433 g/mol. The maximum Gasteiger partial charge on any atom is 0.336 e. The highest BCUT2D eigenvalue weighted by Gasteiger charge is 2.38. The number of amides is 4. The fraction of sp³-hybridized carbons (Fsp3) is 0.190. The lowest BCUT2D eigenvalue weighted by molar-refractivity contribution is -0.122. The molecule has 1 heterocycles. The Morgan fingerprint density at radius 3 is 2.55 bits per heavy atom. The zero-order valence-electron chi connectivity index (χ0n) is 15.7. The predicted molar refractivity (Wildman–Crippen MR) is 112 cm³/mol. The van der Waals surface area contributed by atoms with E-state index in [0.29, 0.717) is 11.3 Å². The number of nitrogens with zero attached hydrogens (tertiary/aromatic N) is 1. The molecular formula is C21H18Cl2N2O4. The lowest BCUT2D eigenvalue weighted by Crippen LogP contribution is -2.54. The molecule has 1 aliphatic heterocycles. The molecule has 0 saturated carbocycles. The van der Waals surface area contributed by atoms with E-state index in [-0.39, 0.29) is 27.4 Å². The first-order valence-corrected chi connectivity index (χ1v) is 9.70. The van der Waals surface area contributed by atoms with E-state index >= 15 is 0 Å². The van der Waals surface area contributed by atoms with Crippen molar-refractivity contribution in [2.75, 3.05) is 4.90 Å². The fourth-order valence-corrected chi connectivity index (χ4v) is 3.08. The normalized spacial score (nSPS) is 16.8. The summed E-state index contributed by atoms with van der Waals surface area (Å²) in [5.41, 5.74) is 0.405. The number of hydrogen-bond acceptors (Lipinski definition) is 4. The van der Waals surface area contributed by atoms with E-state index in [9.17, 15) is 14.4 Å². The molecule has 1 aliphatic rings. The van der Waals surface area contributed by atoms with Crippen LogP contribution in [0.15, 0.2) is 48.0 Å². The van der Waals surface area contributed by atoms with Crippen LogP contribution in [0.4, 0.5) is 10.5 Å². The molecule has 2 aromatic rings. The van der Waals surface area contributed by atoms with Crippen molar-refractivity contribution in [3.63, 3.8) is 0 Å². The minimum absolute atomic E-state index is 0.0341. The molecule has 0 spiro atoms. The molecule has 1 N–H and O–H groups in total. The van der Waals surface area contributed by atoms with Gasteiger partial charge in [0.2, 0.25) is 0 Å². The summed E-state index contributed by atoms with van der Waals surface area (Å²) < 4.78 is 5.87. The number of benzene rings is 2. The van der Waals surface area contributed by atoms with Crippen molar-refractivity contribution in [1.29, 1.82) is 0 Å². The van der Waals surface area contributed by atoms with Crippen LogP contribution in [0.2, 0.25) is 10.0 Å². The number of para-hydroxylation sites is 1. The van der Waals surface area contributed by atoms with Gasteiger partial charge in [-0.3, -0.25) is 14.9 Å². The summed E-state index contributed by atoms with van der Waals surface area (Å²) in [6.07, 6.45) is 2.14. The van der Waals surface area contributed by atoms with Gasteiger partial charge >= 0.3 is 6.03 Å². The zero-order chi connectivity index (χ0) is 21.1. The van der Waals surface area contributed by atoms with Crippen LogP contribution in [0.1, 0.15) is 25.8 Å². The van der Waals surface area contributed by atoms with Crippen LogP contribution in [-0.2, 0) is 9.59 Å². The smallest absolute Gasteiger partial charge is 0.336 e. The highest BCUT2D eigenvalue weighted by Crippen LogP contribution is 2.34. The van der Waals surface area contributed by atoms with Gasteiger partial charge in [0.15, 0.2) is 0 Å². The number of urea groups is 1. The van der Waals surface area contributed by atoms with Gasteiger partial charge in [-0.1, -0.05) is 54.4 Å². The minimum Gasteiger partial charge on any atom is -0.490 e. The first-order chi connectivity index (χ1) is 13.8. The van der Waals surface area contributed by atoms with Gasteiger partial charge in [0.25, 0.3) is 11.8 Å². The van der Waals surface area contributed by atoms with E-state index in [1.807, 2.05) is 13.8 Å². The highest BCUT2D eigenvalue weighted by atomic mass is 35.5. The van der Waals surface area contributed by atoms with Crippen molar-refractivity contribution in [2.24, 2.45) is 0 Å². The van der Waals surface area contributed by atoms with Gasteiger partial charge in [0, 0.05) is 5.56 Å². The maximum atomic E-state index is 13.0. The lowest BCUT2D eigenvalue weighted by atomic mass is 10.1. The van der Waals surface area contributed by atoms with Crippen molar-refractivity contribution in [3.05, 3.63) is 63.6 Å². The van der Waals surface area contributed by atoms with Crippen LogP contribution in [0.25, 0.3) is 6.08 Å². The zero-order valence-corrected chi connectivity index (χ0v) is 17.3. The molecule has 8 heteroatoms. The molecular weight excluding hydrogens is 415 g/mol. The number of ether oxygens (including phenoxy) is 1. The van der Waals surface area contributed by atoms with Crippen molar-refractivity contribution in [1.82, 2.24) is 5.32 Å². The number of hydrogen-bond donors (Lipinski definition) is 1. The van der Waals surface area contributed by atoms with Gasteiger partial charge in [-0.05, 0) is 37.6 Å². The summed E-state index contributed by atoms with van der Waals surface area (Å²) in [4.78, 5) is 38.6. The Morgan fingerprint density at radius 2 is 1.83 bits per heavy atom. The van der Waals surface area contributed by atoms with Gasteiger partial charge in [-0.15, -0.1) is 0 Å². The van der Waals surface area contributed by atoms with E-state index in [1.165, 1.54) is 18.2 Å². The van der Waals surface area contributed by atoms with Gasteiger partial charge < -0.3 is 4.74 Å². The number of anilines is 1. The molecule has 6 nitrogen and oxygen atoms in total. The van der Waals surface area contributed by atoms with E-state index in [0.717, 1.165) is 11.3 Å². The Bertz CT molecular complexity index is 1020. The molecule has 150 valence electrons. The first-order valence-electron chi connectivity index (χ1n) is 8.94. The average Bonchev–Trinajstić information content (AvgIpc) is 2.69. The fourth-order valence-electron chi connectivity index (χ4n) is 2.70. The number of nitrogens with one attached hydrogen (secondary N) is 1. The number of imide groups is 2. The Hall–Kier alpha value is -2.83. The Kier molecular flexibility index (Phi) is 6.25. The molecule has 29 heavy (non-hydrogen) atoms. The molecule has 4 amide bonds.